The number of hydrogen-bond acceptors (Lipinski definition) is 6. The van der Waals surface area contributed by atoms with Gasteiger partial charge in [0.05, 0.1) is 22.6 Å². The van der Waals surface area contributed by atoms with E-state index in [1.165, 1.54) is 49.6 Å². The minimum absolute atomic E-state index is 0.0751. The van der Waals surface area contributed by atoms with Crippen molar-refractivity contribution < 1.29 is 39.5 Å². The third-order valence-corrected chi connectivity index (χ3v) is 7.00. The van der Waals surface area contributed by atoms with Crippen molar-refractivity contribution in [2.24, 2.45) is 0 Å². The summed E-state index contributed by atoms with van der Waals surface area (Å²) < 4.78 is 101. The summed E-state index contributed by atoms with van der Waals surface area (Å²) in [6.45, 7) is 0. The van der Waals surface area contributed by atoms with Gasteiger partial charge in [0.25, 0.3) is 19.9 Å². The topological polar surface area (TPSA) is 98.8 Å². The van der Waals surface area contributed by atoms with Crippen molar-refractivity contribution >= 4 is 25.5 Å². The van der Waals surface area contributed by atoms with E-state index in [1.807, 2.05) is 0 Å². The Bertz CT molecular complexity index is 1320. The highest BCUT2D eigenvalue weighted by Gasteiger charge is 2.47. The molecule has 170 valence electrons. The summed E-state index contributed by atoms with van der Waals surface area (Å²) in [4.78, 5) is -1.22. The van der Waals surface area contributed by atoms with Crippen LogP contribution in [0.25, 0.3) is 0 Å². The Morgan fingerprint density at radius 1 is 0.781 bits per heavy atom. The number of nitrogens with one attached hydrogen (secondary N) is 1. The first-order valence-electron chi connectivity index (χ1n) is 8.79. The van der Waals surface area contributed by atoms with E-state index >= 15 is 0 Å². The van der Waals surface area contributed by atoms with Gasteiger partial charge in [-0.3, -0.25) is 4.72 Å². The van der Waals surface area contributed by atoms with Gasteiger partial charge in [0.1, 0.15) is 11.5 Å². The van der Waals surface area contributed by atoms with Gasteiger partial charge in [-0.1, -0.05) is 24.3 Å². The molecule has 3 rings (SSSR count). The van der Waals surface area contributed by atoms with Gasteiger partial charge >= 0.3 is 5.51 Å². The number of methoxy groups -OCH3 is 1. The summed E-state index contributed by atoms with van der Waals surface area (Å²) in [5.74, 6) is -0.0258. The first kappa shape index (κ1) is 23.4. The van der Waals surface area contributed by atoms with E-state index in [1.54, 1.807) is 12.1 Å². The molecule has 3 aromatic rings. The van der Waals surface area contributed by atoms with Crippen LogP contribution in [-0.4, -0.2) is 29.5 Å². The van der Waals surface area contributed by atoms with E-state index in [0.29, 0.717) is 17.9 Å². The highest BCUT2D eigenvalue weighted by molar-refractivity contribution is 7.93. The van der Waals surface area contributed by atoms with E-state index in [4.69, 9.17) is 9.47 Å². The zero-order valence-electron chi connectivity index (χ0n) is 16.3. The quantitative estimate of drug-likeness (QED) is 0.524. The molecular weight excluding hydrogens is 471 g/mol. The molecule has 0 aromatic heterocycles. The average molecular weight is 487 g/mol. The maximum atomic E-state index is 13.0. The zero-order valence-corrected chi connectivity index (χ0v) is 18.0. The minimum Gasteiger partial charge on any atom is -0.497 e. The van der Waals surface area contributed by atoms with Crippen LogP contribution in [0.15, 0.2) is 82.6 Å². The molecule has 0 bridgehead atoms. The van der Waals surface area contributed by atoms with E-state index in [9.17, 15) is 30.0 Å². The number of halogens is 3. The number of sulfonamides is 1. The third-order valence-electron chi connectivity index (χ3n) is 4.13. The molecule has 0 amide bonds. The van der Waals surface area contributed by atoms with E-state index in [2.05, 4.69) is 4.72 Å². The summed E-state index contributed by atoms with van der Waals surface area (Å²) in [5, 5.41) is 0. The lowest BCUT2D eigenvalue weighted by Gasteiger charge is -2.16. The van der Waals surface area contributed by atoms with Crippen LogP contribution in [0.5, 0.6) is 17.2 Å². The lowest BCUT2D eigenvalue weighted by Crippen LogP contribution is -2.23. The first-order chi connectivity index (χ1) is 14.9. The van der Waals surface area contributed by atoms with Crippen molar-refractivity contribution in [2.75, 3.05) is 11.8 Å². The van der Waals surface area contributed by atoms with Crippen LogP contribution in [-0.2, 0) is 19.9 Å². The zero-order chi connectivity index (χ0) is 23.6. The highest BCUT2D eigenvalue weighted by atomic mass is 32.2. The number of sulfone groups is 1. The van der Waals surface area contributed by atoms with Crippen LogP contribution in [0.4, 0.5) is 18.9 Å². The smallest absolute Gasteiger partial charge is 0.497 e. The van der Waals surface area contributed by atoms with Crippen molar-refractivity contribution in [3.8, 4) is 17.2 Å². The van der Waals surface area contributed by atoms with Crippen LogP contribution in [0, 0.1) is 0 Å². The van der Waals surface area contributed by atoms with E-state index in [-0.39, 0.29) is 16.3 Å². The molecule has 0 aliphatic rings. The Morgan fingerprint density at radius 2 is 1.44 bits per heavy atom. The Hall–Kier alpha value is -3.25. The van der Waals surface area contributed by atoms with E-state index < -0.39 is 36.0 Å². The highest BCUT2D eigenvalue weighted by Crippen LogP contribution is 2.38. The second-order valence-corrected chi connectivity index (χ2v) is 9.93. The van der Waals surface area contributed by atoms with Crippen LogP contribution in [0.2, 0.25) is 0 Å². The van der Waals surface area contributed by atoms with Gasteiger partial charge in [0, 0.05) is 12.1 Å². The first-order valence-corrected chi connectivity index (χ1v) is 11.8. The van der Waals surface area contributed by atoms with Crippen molar-refractivity contribution in [3.05, 3.63) is 72.8 Å². The maximum Gasteiger partial charge on any atom is 0.501 e. The molecule has 0 radical (unpaired) electrons. The third kappa shape index (κ3) is 4.97. The van der Waals surface area contributed by atoms with Gasteiger partial charge in [-0.15, -0.1) is 0 Å². The molecule has 0 atom stereocenters. The van der Waals surface area contributed by atoms with Gasteiger partial charge in [0.15, 0.2) is 5.75 Å². The molecule has 0 saturated carbocycles. The number of hydrogen-bond donors (Lipinski definition) is 1. The predicted molar refractivity (Wildman–Crippen MR) is 110 cm³/mol. The Kier molecular flexibility index (Phi) is 6.37. The minimum atomic E-state index is -5.70. The molecule has 0 spiro atoms. The number of ether oxygens (including phenoxy) is 2. The second-order valence-electron chi connectivity index (χ2n) is 6.31. The molecule has 32 heavy (non-hydrogen) atoms. The van der Waals surface area contributed by atoms with Crippen molar-refractivity contribution in [1.82, 2.24) is 0 Å². The second kappa shape index (κ2) is 8.71. The van der Waals surface area contributed by atoms with E-state index in [0.717, 1.165) is 6.07 Å². The summed E-state index contributed by atoms with van der Waals surface area (Å²) in [7, 11) is -8.46. The van der Waals surface area contributed by atoms with Crippen LogP contribution in [0.3, 0.4) is 0 Å². The summed E-state index contributed by atoms with van der Waals surface area (Å²) in [6.07, 6.45) is 0. The Balaban J connectivity index is 2.10. The lowest BCUT2D eigenvalue weighted by atomic mass is 10.3. The largest absolute Gasteiger partial charge is 0.501 e. The molecule has 0 heterocycles. The molecule has 3 aromatic carbocycles. The predicted octanol–water partition coefficient (Wildman–Crippen LogP) is 4.58. The number of rotatable bonds is 7. The Labute approximate surface area is 182 Å². The fourth-order valence-electron chi connectivity index (χ4n) is 2.57. The molecular formula is C20H16F3NO6S2. The molecule has 0 aliphatic heterocycles. The summed E-state index contributed by atoms with van der Waals surface area (Å²) in [5.41, 5.74) is -5.82. The van der Waals surface area contributed by atoms with Gasteiger partial charge in [-0.2, -0.15) is 13.2 Å². The number of anilines is 1. The average Bonchev–Trinajstić information content (AvgIpc) is 2.74. The normalized spacial score (nSPS) is 12.2. The SMILES string of the molecule is COc1cccc(Oc2cc(S(=O)(=O)C(F)(F)F)ccc2NS(=O)(=O)c2ccccc2)c1. The lowest BCUT2D eigenvalue weighted by molar-refractivity contribution is -0.0436. The summed E-state index contributed by atoms with van der Waals surface area (Å²) in [6, 6.07) is 15.3. The fraction of sp³-hybridized carbons (Fsp3) is 0.100. The molecule has 12 heteroatoms. The molecule has 7 nitrogen and oxygen atoms in total. The Morgan fingerprint density at radius 3 is 2.06 bits per heavy atom. The van der Waals surface area contributed by atoms with Gasteiger partial charge in [0.2, 0.25) is 0 Å². The van der Waals surface area contributed by atoms with Crippen molar-refractivity contribution in [3.63, 3.8) is 0 Å². The molecule has 0 saturated heterocycles. The van der Waals surface area contributed by atoms with Gasteiger partial charge < -0.3 is 9.47 Å². The fourth-order valence-corrected chi connectivity index (χ4v) is 4.44. The molecule has 0 fully saturated rings. The number of alkyl halides is 3. The van der Waals surface area contributed by atoms with Crippen LogP contribution >= 0.6 is 0 Å². The molecule has 0 aliphatic carbocycles. The maximum absolute atomic E-state index is 13.0. The standard InChI is InChI=1S/C20H16F3NO6S2/c1-29-14-6-5-7-15(12-14)30-19-13-17(31(25,26)20(21,22)23)10-11-18(19)24-32(27,28)16-8-3-2-4-9-16/h2-13,24H,1H3. The number of benzene rings is 3. The van der Waals surface area contributed by atoms with Crippen LogP contribution in [0.1, 0.15) is 0 Å². The van der Waals surface area contributed by atoms with Crippen molar-refractivity contribution in [2.45, 2.75) is 15.3 Å². The molecule has 0 unspecified atom stereocenters. The van der Waals surface area contributed by atoms with Crippen LogP contribution < -0.4 is 14.2 Å². The van der Waals surface area contributed by atoms with Gasteiger partial charge in [-0.25, -0.2) is 16.8 Å². The monoisotopic (exact) mass is 487 g/mol. The van der Waals surface area contributed by atoms with Crippen molar-refractivity contribution in [1.29, 1.82) is 0 Å². The van der Waals surface area contributed by atoms with Gasteiger partial charge in [-0.05, 0) is 36.4 Å². The molecule has 1 N–H and O–H groups in total. The summed E-state index contributed by atoms with van der Waals surface area (Å²) >= 11 is 0.